The van der Waals surface area contributed by atoms with Gasteiger partial charge in [0.15, 0.2) is 5.12 Å². The van der Waals surface area contributed by atoms with Crippen molar-refractivity contribution in [2.24, 2.45) is 5.73 Å². The van der Waals surface area contributed by atoms with Crippen LogP contribution in [0.15, 0.2) is 11.7 Å². The number of thiazole rings is 1. The van der Waals surface area contributed by atoms with Crippen LogP contribution in [-0.2, 0) is 10.3 Å². The van der Waals surface area contributed by atoms with Crippen molar-refractivity contribution >= 4 is 29.0 Å². The van der Waals surface area contributed by atoms with Crippen molar-refractivity contribution in [1.29, 1.82) is 0 Å². The molecule has 2 rings (SSSR count). The van der Waals surface area contributed by atoms with E-state index in [0.29, 0.717) is 0 Å². The molecule has 16 heavy (non-hydrogen) atoms. The van der Waals surface area contributed by atoms with Crippen LogP contribution < -0.4 is 16.4 Å². The molecule has 0 bridgehead atoms. The van der Waals surface area contributed by atoms with E-state index in [0.717, 1.165) is 10.6 Å². The van der Waals surface area contributed by atoms with Crippen LogP contribution in [0.25, 0.3) is 0 Å². The molecule has 2 heterocycles. The topological polar surface area (TPSA) is 80.0 Å². The first kappa shape index (κ1) is 11.8. The monoisotopic (exact) mass is 258 g/mol. The highest BCUT2D eigenvalue weighted by molar-refractivity contribution is 8.00. The molecule has 88 valence electrons. The third-order valence-corrected chi connectivity index (χ3v) is 4.81. The highest BCUT2D eigenvalue weighted by Crippen LogP contribution is 2.38. The van der Waals surface area contributed by atoms with Crippen LogP contribution in [0.5, 0.6) is 0 Å². The summed E-state index contributed by atoms with van der Waals surface area (Å²) in [5.41, 5.74) is 7.61. The van der Waals surface area contributed by atoms with Gasteiger partial charge in [-0.05, 0) is 6.92 Å². The van der Waals surface area contributed by atoms with Crippen molar-refractivity contribution < 1.29 is 4.79 Å². The summed E-state index contributed by atoms with van der Waals surface area (Å²) in [5.74, 6) is 0.655. The minimum absolute atomic E-state index is 0.143. The molecule has 0 spiro atoms. The second-order valence-corrected chi connectivity index (χ2v) is 6.14. The normalized spacial score (nSPS) is 33.9. The van der Waals surface area contributed by atoms with E-state index in [9.17, 15) is 4.79 Å². The lowest BCUT2D eigenvalue weighted by atomic mass is 10.0. The van der Waals surface area contributed by atoms with E-state index in [1.54, 1.807) is 16.8 Å². The summed E-state index contributed by atoms with van der Waals surface area (Å²) >= 11 is 3.08. The van der Waals surface area contributed by atoms with Gasteiger partial charge in [0.1, 0.15) is 0 Å². The molecule has 2 atom stereocenters. The summed E-state index contributed by atoms with van der Waals surface area (Å²) in [6.07, 6.45) is 1.83. The van der Waals surface area contributed by atoms with E-state index in [2.05, 4.69) is 22.5 Å². The van der Waals surface area contributed by atoms with E-state index in [1.165, 1.54) is 18.7 Å². The fourth-order valence-electron chi connectivity index (χ4n) is 1.69. The smallest absolute Gasteiger partial charge is 0.219 e. The van der Waals surface area contributed by atoms with Gasteiger partial charge in [0, 0.05) is 23.8 Å². The quantitative estimate of drug-likeness (QED) is 0.669. The standard InChI is InChI=1S/C9H14N4OS2/c1-6(14)12-9(10)13-8(2,4-16-9)7-3-11-5-15-7/h3,5,13H,4,10H2,1-2H3,(H,12,14). The summed E-state index contributed by atoms with van der Waals surface area (Å²) < 4.78 is 0. The predicted molar refractivity (Wildman–Crippen MR) is 65.8 cm³/mol. The minimum Gasteiger partial charge on any atom is -0.317 e. The molecule has 1 aromatic heterocycles. The van der Waals surface area contributed by atoms with Gasteiger partial charge < -0.3 is 5.32 Å². The van der Waals surface area contributed by atoms with Crippen LogP contribution in [0.4, 0.5) is 0 Å². The molecule has 1 amide bonds. The number of rotatable bonds is 2. The van der Waals surface area contributed by atoms with Gasteiger partial charge in [-0.2, -0.15) is 0 Å². The Bertz CT molecular complexity index is 396. The van der Waals surface area contributed by atoms with Crippen molar-refractivity contribution in [2.45, 2.75) is 24.5 Å². The van der Waals surface area contributed by atoms with E-state index in [1.807, 2.05) is 6.20 Å². The number of thioether (sulfide) groups is 1. The minimum atomic E-state index is -0.884. The molecule has 0 radical (unpaired) electrons. The maximum atomic E-state index is 11.0. The molecule has 2 unspecified atom stereocenters. The van der Waals surface area contributed by atoms with Crippen LogP contribution >= 0.6 is 23.1 Å². The van der Waals surface area contributed by atoms with E-state index < -0.39 is 5.12 Å². The summed E-state index contributed by atoms with van der Waals surface area (Å²) in [5, 5.41) is 5.08. The van der Waals surface area contributed by atoms with Crippen molar-refractivity contribution in [3.63, 3.8) is 0 Å². The van der Waals surface area contributed by atoms with Crippen LogP contribution in [0.1, 0.15) is 18.7 Å². The van der Waals surface area contributed by atoms with Crippen LogP contribution in [0.3, 0.4) is 0 Å². The number of aromatic nitrogens is 1. The summed E-state index contributed by atoms with van der Waals surface area (Å²) in [7, 11) is 0. The molecule has 1 aliphatic heterocycles. The number of nitrogens with one attached hydrogen (secondary N) is 2. The molecule has 0 aliphatic carbocycles. The fourth-order valence-corrected chi connectivity index (χ4v) is 3.78. The molecular formula is C9H14N4OS2. The molecule has 1 saturated heterocycles. The molecule has 0 saturated carbocycles. The number of carbonyl (C=O) groups is 1. The molecule has 1 aromatic rings. The van der Waals surface area contributed by atoms with E-state index in [4.69, 9.17) is 5.73 Å². The molecular weight excluding hydrogens is 244 g/mol. The maximum Gasteiger partial charge on any atom is 0.219 e. The number of nitrogens with two attached hydrogens (primary N) is 1. The predicted octanol–water partition coefficient (Wildman–Crippen LogP) is 0.401. The Hall–Kier alpha value is -0.630. The zero-order chi connectivity index (χ0) is 11.8. The molecule has 1 fully saturated rings. The lowest BCUT2D eigenvalue weighted by molar-refractivity contribution is -0.120. The SMILES string of the molecule is CC(=O)NC1(N)NC(C)(c2cncs2)CS1. The highest BCUT2D eigenvalue weighted by atomic mass is 32.2. The van der Waals surface area contributed by atoms with Crippen molar-refractivity contribution in [2.75, 3.05) is 5.75 Å². The first-order valence-corrected chi connectivity index (χ1v) is 6.70. The van der Waals surface area contributed by atoms with Crippen molar-refractivity contribution in [1.82, 2.24) is 15.6 Å². The van der Waals surface area contributed by atoms with Gasteiger partial charge in [0.05, 0.1) is 11.0 Å². The zero-order valence-corrected chi connectivity index (χ0v) is 10.7. The van der Waals surface area contributed by atoms with Gasteiger partial charge in [0.2, 0.25) is 5.91 Å². The average Bonchev–Trinajstić information content (AvgIpc) is 2.73. The Morgan fingerprint density at radius 3 is 3.06 bits per heavy atom. The highest BCUT2D eigenvalue weighted by Gasteiger charge is 2.45. The largest absolute Gasteiger partial charge is 0.317 e. The van der Waals surface area contributed by atoms with Crippen molar-refractivity contribution in [3.05, 3.63) is 16.6 Å². The third-order valence-electron chi connectivity index (χ3n) is 2.39. The van der Waals surface area contributed by atoms with Crippen LogP contribution in [-0.4, -0.2) is 21.8 Å². The zero-order valence-electron chi connectivity index (χ0n) is 9.11. The molecule has 0 aromatic carbocycles. The van der Waals surface area contributed by atoms with Gasteiger partial charge in [-0.1, -0.05) is 11.8 Å². The number of amides is 1. The summed E-state index contributed by atoms with van der Waals surface area (Å²) in [4.78, 5) is 16.2. The number of carbonyl (C=O) groups excluding carboxylic acids is 1. The van der Waals surface area contributed by atoms with Crippen LogP contribution in [0, 0.1) is 0 Å². The van der Waals surface area contributed by atoms with Gasteiger partial charge >= 0.3 is 0 Å². The molecule has 4 N–H and O–H groups in total. The third kappa shape index (κ3) is 2.22. The first-order chi connectivity index (χ1) is 7.44. The van der Waals surface area contributed by atoms with Gasteiger partial charge in [-0.25, -0.2) is 0 Å². The molecule has 1 aliphatic rings. The fraction of sp³-hybridized carbons (Fsp3) is 0.556. The Morgan fingerprint density at radius 2 is 2.50 bits per heavy atom. The summed E-state index contributed by atoms with van der Waals surface area (Å²) in [6, 6.07) is 0. The molecule has 5 nitrogen and oxygen atoms in total. The second-order valence-electron chi connectivity index (χ2n) is 4.03. The van der Waals surface area contributed by atoms with Gasteiger partial charge in [-0.15, -0.1) is 11.3 Å². The van der Waals surface area contributed by atoms with E-state index in [-0.39, 0.29) is 11.4 Å². The lowest BCUT2D eigenvalue weighted by Crippen LogP contribution is -2.63. The number of hydrogen-bond acceptors (Lipinski definition) is 6. The number of hydrogen-bond donors (Lipinski definition) is 3. The lowest BCUT2D eigenvalue weighted by Gasteiger charge is -2.29. The van der Waals surface area contributed by atoms with Crippen molar-refractivity contribution in [3.8, 4) is 0 Å². The molecule has 7 heteroatoms. The Kier molecular flexibility index (Phi) is 2.95. The van der Waals surface area contributed by atoms with Gasteiger partial charge in [-0.3, -0.25) is 20.8 Å². The maximum absolute atomic E-state index is 11.0. The average molecular weight is 258 g/mol. The Morgan fingerprint density at radius 1 is 1.75 bits per heavy atom. The Labute approximate surface area is 102 Å². The summed E-state index contributed by atoms with van der Waals surface area (Å²) in [6.45, 7) is 3.52. The number of nitrogens with zero attached hydrogens (tertiary/aromatic N) is 1. The van der Waals surface area contributed by atoms with E-state index >= 15 is 0 Å². The second kappa shape index (κ2) is 3.99. The Balaban J connectivity index is 2.15. The first-order valence-electron chi connectivity index (χ1n) is 4.83. The van der Waals surface area contributed by atoms with Gasteiger partial charge in [0.25, 0.3) is 0 Å². The van der Waals surface area contributed by atoms with Crippen LogP contribution in [0.2, 0.25) is 0 Å².